The van der Waals surface area contributed by atoms with E-state index < -0.39 is 0 Å². The number of hydrogen-bond donors (Lipinski definition) is 1. The van der Waals surface area contributed by atoms with Gasteiger partial charge in [-0.15, -0.1) is 11.8 Å². The third-order valence-electron chi connectivity index (χ3n) is 3.55. The monoisotopic (exact) mass is 349 g/mol. The molecule has 0 radical (unpaired) electrons. The van der Waals surface area contributed by atoms with Crippen molar-refractivity contribution in [3.05, 3.63) is 52.5 Å². The Morgan fingerprint density at radius 1 is 1.26 bits per heavy atom. The lowest BCUT2D eigenvalue weighted by Gasteiger charge is -2.13. The van der Waals surface area contributed by atoms with Crippen molar-refractivity contribution in [2.75, 3.05) is 12.3 Å². The minimum atomic E-state index is 0.363. The zero-order valence-corrected chi connectivity index (χ0v) is 14.0. The molecule has 0 bridgehead atoms. The summed E-state index contributed by atoms with van der Waals surface area (Å²) >= 11 is 7.97. The number of benzene rings is 2. The zero-order valence-electron chi connectivity index (χ0n) is 12.4. The predicted molar refractivity (Wildman–Crippen MR) is 91.3 cm³/mol. The number of hydroxylamine groups is 1. The van der Waals surface area contributed by atoms with Crippen LogP contribution in [0.25, 0.3) is 0 Å². The molecule has 1 heterocycles. The first-order valence-corrected chi connectivity index (χ1v) is 8.67. The van der Waals surface area contributed by atoms with Gasteiger partial charge in [0.2, 0.25) is 0 Å². The molecule has 3 rings (SSSR count). The lowest BCUT2D eigenvalue weighted by atomic mass is 10.1. The lowest BCUT2D eigenvalue weighted by Crippen LogP contribution is -2.17. The molecule has 0 saturated carbocycles. The van der Waals surface area contributed by atoms with Crippen LogP contribution in [-0.4, -0.2) is 18.8 Å². The number of nitrogens with one attached hydrogen (secondary N) is 1. The SMILES string of the molecule is O=CONCCc1ccc(Cl)cc1Oc1ccc2c(c1)CCS2. The third kappa shape index (κ3) is 4.19. The Bertz CT molecular complexity index is 708. The molecule has 6 heteroatoms. The van der Waals surface area contributed by atoms with Crippen molar-refractivity contribution in [3.63, 3.8) is 0 Å². The highest BCUT2D eigenvalue weighted by Crippen LogP contribution is 2.36. The largest absolute Gasteiger partial charge is 0.457 e. The molecule has 0 aliphatic carbocycles. The van der Waals surface area contributed by atoms with Crippen molar-refractivity contribution < 1.29 is 14.4 Å². The first-order chi connectivity index (χ1) is 11.3. The highest BCUT2D eigenvalue weighted by atomic mass is 35.5. The van der Waals surface area contributed by atoms with E-state index in [0.29, 0.717) is 24.5 Å². The molecule has 0 spiro atoms. The van der Waals surface area contributed by atoms with E-state index in [-0.39, 0.29) is 0 Å². The summed E-state index contributed by atoms with van der Waals surface area (Å²) in [5.74, 6) is 2.66. The first kappa shape index (κ1) is 16.2. The topological polar surface area (TPSA) is 47.6 Å². The number of carbonyl (C=O) groups excluding carboxylic acids is 1. The fraction of sp³-hybridized carbons (Fsp3) is 0.235. The molecule has 0 fully saturated rings. The quantitative estimate of drug-likeness (QED) is 0.465. The van der Waals surface area contributed by atoms with E-state index in [0.717, 1.165) is 29.2 Å². The second-order valence-electron chi connectivity index (χ2n) is 5.08. The molecule has 120 valence electrons. The molecular weight excluding hydrogens is 334 g/mol. The van der Waals surface area contributed by atoms with Crippen LogP contribution in [0.3, 0.4) is 0 Å². The van der Waals surface area contributed by atoms with Crippen molar-refractivity contribution in [1.29, 1.82) is 0 Å². The van der Waals surface area contributed by atoms with Crippen molar-refractivity contribution in [2.24, 2.45) is 0 Å². The number of rotatable bonds is 7. The van der Waals surface area contributed by atoms with E-state index in [2.05, 4.69) is 22.5 Å². The first-order valence-electron chi connectivity index (χ1n) is 7.30. The van der Waals surface area contributed by atoms with Gasteiger partial charge < -0.3 is 9.57 Å². The maximum atomic E-state index is 10.1. The summed E-state index contributed by atoms with van der Waals surface area (Å²) in [5.41, 5.74) is 4.89. The van der Waals surface area contributed by atoms with Gasteiger partial charge in [0.15, 0.2) is 0 Å². The van der Waals surface area contributed by atoms with Crippen LogP contribution in [0.1, 0.15) is 11.1 Å². The molecule has 1 N–H and O–H groups in total. The average Bonchev–Trinajstić information content (AvgIpc) is 3.01. The predicted octanol–water partition coefficient (Wildman–Crippen LogP) is 4.00. The molecule has 0 saturated heterocycles. The van der Waals surface area contributed by atoms with Gasteiger partial charge in [0.1, 0.15) is 11.5 Å². The summed E-state index contributed by atoms with van der Waals surface area (Å²) in [4.78, 5) is 16.0. The van der Waals surface area contributed by atoms with Gasteiger partial charge in [-0.25, -0.2) is 0 Å². The van der Waals surface area contributed by atoms with Gasteiger partial charge in [-0.1, -0.05) is 17.7 Å². The summed E-state index contributed by atoms with van der Waals surface area (Å²) < 4.78 is 6.04. The average molecular weight is 350 g/mol. The number of carbonyl (C=O) groups is 1. The van der Waals surface area contributed by atoms with E-state index >= 15 is 0 Å². The summed E-state index contributed by atoms with van der Waals surface area (Å²) in [7, 11) is 0. The maximum absolute atomic E-state index is 10.1. The van der Waals surface area contributed by atoms with E-state index in [1.165, 1.54) is 10.5 Å². The fourth-order valence-electron chi connectivity index (χ4n) is 2.46. The molecule has 0 aromatic heterocycles. The summed E-state index contributed by atoms with van der Waals surface area (Å²) in [6, 6.07) is 11.7. The minimum Gasteiger partial charge on any atom is -0.457 e. The lowest BCUT2D eigenvalue weighted by molar-refractivity contribution is -0.135. The molecule has 0 atom stereocenters. The third-order valence-corrected chi connectivity index (χ3v) is 4.90. The van der Waals surface area contributed by atoms with Gasteiger partial charge in [-0.2, -0.15) is 5.48 Å². The minimum absolute atomic E-state index is 0.363. The number of thioether (sulfide) groups is 1. The van der Waals surface area contributed by atoms with E-state index in [1.807, 2.05) is 30.0 Å². The fourth-order valence-corrected chi connectivity index (χ4v) is 3.68. The van der Waals surface area contributed by atoms with Gasteiger partial charge in [-0.3, -0.25) is 4.79 Å². The van der Waals surface area contributed by atoms with Crippen molar-refractivity contribution >= 4 is 29.8 Å². The molecule has 1 aliphatic rings. The van der Waals surface area contributed by atoms with Crippen LogP contribution in [0.4, 0.5) is 0 Å². The zero-order chi connectivity index (χ0) is 16.1. The molecule has 0 amide bonds. The molecule has 23 heavy (non-hydrogen) atoms. The highest BCUT2D eigenvalue weighted by molar-refractivity contribution is 7.99. The summed E-state index contributed by atoms with van der Waals surface area (Å²) in [6.07, 6.45) is 1.73. The van der Waals surface area contributed by atoms with Gasteiger partial charge in [0.05, 0.1) is 0 Å². The molecule has 1 aliphatic heterocycles. The van der Waals surface area contributed by atoms with Crippen LogP contribution in [0, 0.1) is 0 Å². The Balaban J connectivity index is 1.75. The van der Waals surface area contributed by atoms with Crippen molar-refractivity contribution in [2.45, 2.75) is 17.7 Å². The van der Waals surface area contributed by atoms with Crippen LogP contribution >= 0.6 is 23.4 Å². The number of fused-ring (bicyclic) bond motifs is 1. The maximum Gasteiger partial charge on any atom is 0.312 e. The Morgan fingerprint density at radius 3 is 3.04 bits per heavy atom. The Hall–Kier alpha value is -1.69. The number of halogens is 1. The normalized spacial score (nSPS) is 12.7. The Morgan fingerprint density at radius 2 is 2.17 bits per heavy atom. The number of hydrogen-bond acceptors (Lipinski definition) is 5. The van der Waals surface area contributed by atoms with Crippen LogP contribution in [-0.2, 0) is 22.5 Å². The van der Waals surface area contributed by atoms with E-state index in [4.69, 9.17) is 16.3 Å². The van der Waals surface area contributed by atoms with Gasteiger partial charge in [0.25, 0.3) is 0 Å². The molecule has 0 unspecified atom stereocenters. The standard InChI is InChI=1S/C17H16ClNO3S/c18-14-2-1-12(5-7-19-21-11-20)16(10-14)22-15-3-4-17-13(9-15)6-8-23-17/h1-4,9-11,19H,5-8H2. The van der Waals surface area contributed by atoms with Crippen LogP contribution in [0.15, 0.2) is 41.3 Å². The molecule has 4 nitrogen and oxygen atoms in total. The van der Waals surface area contributed by atoms with E-state index in [1.54, 1.807) is 6.07 Å². The second-order valence-corrected chi connectivity index (χ2v) is 6.65. The molecule has 2 aromatic rings. The smallest absolute Gasteiger partial charge is 0.312 e. The summed E-state index contributed by atoms with van der Waals surface area (Å²) in [6.45, 7) is 0.861. The van der Waals surface area contributed by atoms with Crippen molar-refractivity contribution in [3.8, 4) is 11.5 Å². The van der Waals surface area contributed by atoms with Crippen LogP contribution in [0.2, 0.25) is 5.02 Å². The van der Waals surface area contributed by atoms with E-state index in [9.17, 15) is 4.79 Å². The highest BCUT2D eigenvalue weighted by Gasteiger charge is 2.13. The number of aryl methyl sites for hydroxylation is 1. The number of ether oxygens (including phenoxy) is 1. The van der Waals surface area contributed by atoms with Gasteiger partial charge in [-0.05, 0) is 54.3 Å². The molecule has 2 aromatic carbocycles. The van der Waals surface area contributed by atoms with Gasteiger partial charge in [0, 0.05) is 22.2 Å². The summed E-state index contributed by atoms with van der Waals surface area (Å²) in [5, 5.41) is 0.623. The molecular formula is C17H16ClNO3S. The van der Waals surface area contributed by atoms with Crippen molar-refractivity contribution in [1.82, 2.24) is 5.48 Å². The second kappa shape index (κ2) is 7.73. The Kier molecular flexibility index (Phi) is 5.43. The van der Waals surface area contributed by atoms with Crippen LogP contribution < -0.4 is 10.2 Å². The Labute approximate surface area is 144 Å². The van der Waals surface area contributed by atoms with Gasteiger partial charge >= 0.3 is 6.47 Å². The van der Waals surface area contributed by atoms with Crippen LogP contribution in [0.5, 0.6) is 11.5 Å².